The third-order valence-electron chi connectivity index (χ3n) is 5.59. The summed E-state index contributed by atoms with van der Waals surface area (Å²) in [5, 5.41) is 3.04. The molecule has 1 aliphatic heterocycles. The summed E-state index contributed by atoms with van der Waals surface area (Å²) in [6.45, 7) is 10.8. The maximum atomic E-state index is 12.5. The molecule has 6 heteroatoms. The van der Waals surface area contributed by atoms with Crippen LogP contribution in [0.1, 0.15) is 41.6 Å². The monoisotopic (exact) mass is 406 g/mol. The molecule has 2 heterocycles. The van der Waals surface area contributed by atoms with Gasteiger partial charge in [-0.2, -0.15) is 0 Å². The number of benzene rings is 2. The Labute approximate surface area is 177 Å². The molecule has 0 aliphatic carbocycles. The van der Waals surface area contributed by atoms with Crippen LogP contribution >= 0.6 is 0 Å². The number of carbonyl (C=O) groups is 1. The van der Waals surface area contributed by atoms with Gasteiger partial charge in [-0.1, -0.05) is 44.2 Å². The molecule has 0 radical (unpaired) electrons. The molecular weight excluding hydrogens is 376 g/mol. The lowest BCUT2D eigenvalue weighted by Gasteiger charge is -2.34. The second-order valence-corrected chi connectivity index (χ2v) is 8.25. The highest BCUT2D eigenvalue weighted by Gasteiger charge is 2.17. The summed E-state index contributed by atoms with van der Waals surface area (Å²) in [6.07, 6.45) is 0. The maximum Gasteiger partial charge on any atom is 0.251 e. The van der Waals surface area contributed by atoms with E-state index in [2.05, 4.69) is 50.4 Å². The van der Waals surface area contributed by atoms with Crippen LogP contribution in [0, 0.1) is 0 Å². The van der Waals surface area contributed by atoms with Gasteiger partial charge in [-0.3, -0.25) is 14.6 Å². The third-order valence-corrected chi connectivity index (χ3v) is 5.59. The van der Waals surface area contributed by atoms with Gasteiger partial charge in [0.25, 0.3) is 5.91 Å². The summed E-state index contributed by atoms with van der Waals surface area (Å²) in [5.41, 5.74) is 3.44. The lowest BCUT2D eigenvalue weighted by molar-refractivity contribution is 0.0934. The van der Waals surface area contributed by atoms with E-state index in [1.54, 1.807) is 6.07 Å². The highest BCUT2D eigenvalue weighted by molar-refractivity contribution is 5.97. The molecule has 1 amide bonds. The molecule has 0 unspecified atom stereocenters. The number of aromatic nitrogens is 1. The molecule has 3 aromatic rings. The van der Waals surface area contributed by atoms with Crippen LogP contribution in [-0.4, -0.2) is 60.0 Å². The number of amides is 1. The molecule has 158 valence electrons. The first-order valence-corrected chi connectivity index (χ1v) is 10.8. The highest BCUT2D eigenvalue weighted by Crippen LogP contribution is 2.22. The molecule has 1 saturated heterocycles. The lowest BCUT2D eigenvalue weighted by Crippen LogP contribution is -2.48. The van der Waals surface area contributed by atoms with Crippen molar-refractivity contribution in [3.63, 3.8) is 0 Å². The number of piperazine rings is 1. The average molecular weight is 407 g/mol. The van der Waals surface area contributed by atoms with Crippen molar-refractivity contribution < 1.29 is 9.21 Å². The Morgan fingerprint density at radius 1 is 1.07 bits per heavy atom. The zero-order valence-corrected chi connectivity index (χ0v) is 17.8. The van der Waals surface area contributed by atoms with E-state index in [0.717, 1.165) is 44.8 Å². The molecule has 1 aliphatic rings. The molecule has 0 spiro atoms. The molecule has 30 heavy (non-hydrogen) atoms. The van der Waals surface area contributed by atoms with Gasteiger partial charge in [0, 0.05) is 57.3 Å². The number of nitrogens with zero attached hydrogens (tertiary/aromatic N) is 3. The topological polar surface area (TPSA) is 61.6 Å². The van der Waals surface area contributed by atoms with Gasteiger partial charge >= 0.3 is 0 Å². The third kappa shape index (κ3) is 5.07. The second kappa shape index (κ2) is 9.41. The summed E-state index contributed by atoms with van der Waals surface area (Å²) >= 11 is 0. The van der Waals surface area contributed by atoms with Gasteiger partial charge in [0.2, 0.25) is 0 Å². The second-order valence-electron chi connectivity index (χ2n) is 8.25. The molecule has 6 nitrogen and oxygen atoms in total. The van der Waals surface area contributed by atoms with Crippen molar-refractivity contribution in [2.45, 2.75) is 26.3 Å². The van der Waals surface area contributed by atoms with E-state index in [0.29, 0.717) is 23.6 Å². The van der Waals surface area contributed by atoms with Crippen molar-refractivity contribution in [2.75, 3.05) is 39.3 Å². The largest absolute Gasteiger partial charge is 0.440 e. The van der Waals surface area contributed by atoms with Gasteiger partial charge in [0.1, 0.15) is 5.52 Å². The van der Waals surface area contributed by atoms with Crippen molar-refractivity contribution in [1.82, 2.24) is 20.1 Å². The van der Waals surface area contributed by atoms with Gasteiger partial charge < -0.3 is 9.73 Å². The fraction of sp³-hybridized carbons (Fsp3) is 0.417. The summed E-state index contributed by atoms with van der Waals surface area (Å²) in [4.78, 5) is 21.9. The van der Waals surface area contributed by atoms with E-state index < -0.39 is 0 Å². The average Bonchev–Trinajstić information content (AvgIpc) is 3.19. The summed E-state index contributed by atoms with van der Waals surface area (Å²) < 4.78 is 5.77. The first kappa shape index (κ1) is 20.6. The van der Waals surface area contributed by atoms with Gasteiger partial charge in [0.05, 0.1) is 0 Å². The Hall–Kier alpha value is -2.70. The molecule has 1 N–H and O–H groups in total. The first-order valence-electron chi connectivity index (χ1n) is 10.8. The number of hydrogen-bond donors (Lipinski definition) is 1. The Balaban J connectivity index is 1.22. The Bertz CT molecular complexity index is 975. The first-order chi connectivity index (χ1) is 14.6. The van der Waals surface area contributed by atoms with Crippen LogP contribution in [0.3, 0.4) is 0 Å². The summed E-state index contributed by atoms with van der Waals surface area (Å²) in [5.74, 6) is 0.860. The quantitative estimate of drug-likeness (QED) is 0.651. The summed E-state index contributed by atoms with van der Waals surface area (Å²) in [6, 6.07) is 16.1. The fourth-order valence-electron chi connectivity index (χ4n) is 3.77. The maximum absolute atomic E-state index is 12.5. The summed E-state index contributed by atoms with van der Waals surface area (Å²) in [7, 11) is 0. The molecule has 0 saturated carbocycles. The predicted octanol–water partition coefficient (Wildman–Crippen LogP) is 3.50. The SMILES string of the molecule is CC(C)c1nc2ccc(C(=O)NCCN3CCN(Cc4ccccc4)CC3)cc2o1. The van der Waals surface area contributed by atoms with Gasteiger partial charge in [0.15, 0.2) is 11.5 Å². The van der Waals surface area contributed by atoms with Gasteiger partial charge in [-0.15, -0.1) is 0 Å². The van der Waals surface area contributed by atoms with Gasteiger partial charge in [-0.25, -0.2) is 4.98 Å². The van der Waals surface area contributed by atoms with Crippen LogP contribution in [-0.2, 0) is 6.54 Å². The smallest absolute Gasteiger partial charge is 0.251 e. The van der Waals surface area contributed by atoms with Crippen LogP contribution in [0.4, 0.5) is 0 Å². The number of rotatable bonds is 7. The molecule has 4 rings (SSSR count). The molecule has 0 atom stereocenters. The zero-order valence-electron chi connectivity index (χ0n) is 17.8. The Morgan fingerprint density at radius 3 is 2.53 bits per heavy atom. The van der Waals surface area contributed by atoms with Crippen LogP contribution in [0.5, 0.6) is 0 Å². The van der Waals surface area contributed by atoms with E-state index in [1.165, 1.54) is 5.56 Å². The minimum atomic E-state index is -0.0675. The lowest BCUT2D eigenvalue weighted by atomic mass is 10.2. The number of nitrogens with one attached hydrogen (secondary N) is 1. The fourth-order valence-corrected chi connectivity index (χ4v) is 3.77. The molecular formula is C24H30N4O2. The van der Waals surface area contributed by atoms with Crippen molar-refractivity contribution in [2.24, 2.45) is 0 Å². The van der Waals surface area contributed by atoms with E-state index in [-0.39, 0.29) is 11.8 Å². The molecule has 1 aromatic heterocycles. The van der Waals surface area contributed by atoms with Crippen LogP contribution in [0.15, 0.2) is 52.9 Å². The Kier molecular flexibility index (Phi) is 6.45. The molecule has 0 bridgehead atoms. The number of hydrogen-bond acceptors (Lipinski definition) is 5. The Morgan fingerprint density at radius 2 is 1.80 bits per heavy atom. The standard InChI is InChI=1S/C24H30N4O2/c1-18(2)24-26-21-9-8-20(16-22(21)30-24)23(29)25-10-11-27-12-14-28(15-13-27)17-19-6-4-3-5-7-19/h3-9,16,18H,10-15,17H2,1-2H3,(H,25,29). The van der Waals surface area contributed by atoms with Crippen molar-refractivity contribution in [1.29, 1.82) is 0 Å². The van der Waals surface area contributed by atoms with E-state index >= 15 is 0 Å². The minimum absolute atomic E-state index is 0.0675. The normalized spacial score (nSPS) is 15.7. The van der Waals surface area contributed by atoms with Gasteiger partial charge in [-0.05, 0) is 23.8 Å². The number of oxazole rings is 1. The highest BCUT2D eigenvalue weighted by atomic mass is 16.3. The van der Waals surface area contributed by atoms with Crippen LogP contribution in [0.25, 0.3) is 11.1 Å². The molecule has 2 aromatic carbocycles. The minimum Gasteiger partial charge on any atom is -0.440 e. The number of fused-ring (bicyclic) bond motifs is 1. The molecule has 1 fully saturated rings. The van der Waals surface area contributed by atoms with Crippen LogP contribution < -0.4 is 5.32 Å². The number of carbonyl (C=O) groups excluding carboxylic acids is 1. The van der Waals surface area contributed by atoms with Crippen LogP contribution in [0.2, 0.25) is 0 Å². The predicted molar refractivity (Wildman–Crippen MR) is 119 cm³/mol. The van der Waals surface area contributed by atoms with E-state index in [4.69, 9.17) is 4.42 Å². The van der Waals surface area contributed by atoms with E-state index in [1.807, 2.05) is 26.0 Å². The zero-order chi connectivity index (χ0) is 20.9. The van der Waals surface area contributed by atoms with Crippen molar-refractivity contribution in [3.8, 4) is 0 Å². The van der Waals surface area contributed by atoms with E-state index in [9.17, 15) is 4.79 Å². The van der Waals surface area contributed by atoms with Crippen molar-refractivity contribution in [3.05, 3.63) is 65.5 Å². The van der Waals surface area contributed by atoms with Crippen molar-refractivity contribution >= 4 is 17.0 Å².